The van der Waals surface area contributed by atoms with Crippen molar-refractivity contribution in [2.24, 2.45) is 5.73 Å². The second-order valence-corrected chi connectivity index (χ2v) is 2.70. The molecule has 1 heterocycles. The van der Waals surface area contributed by atoms with Crippen LogP contribution in [-0.2, 0) is 6.61 Å². The highest BCUT2D eigenvalue weighted by Crippen LogP contribution is 2.20. The molecule has 3 nitrogen and oxygen atoms in total. The van der Waals surface area contributed by atoms with E-state index in [2.05, 4.69) is 0 Å². The van der Waals surface area contributed by atoms with E-state index in [9.17, 15) is 8.78 Å². The zero-order valence-corrected chi connectivity index (χ0v) is 8.14. The summed E-state index contributed by atoms with van der Waals surface area (Å²) in [6.45, 7) is -0.249. The lowest BCUT2D eigenvalue weighted by molar-refractivity contribution is 0.124. The monoisotopic (exact) mass is 227 g/mol. The van der Waals surface area contributed by atoms with Crippen molar-refractivity contribution < 1.29 is 18.3 Å². The highest BCUT2D eigenvalue weighted by atomic mass is 35.5. The van der Waals surface area contributed by atoms with Crippen LogP contribution < -0.4 is 5.73 Å². The summed E-state index contributed by atoms with van der Waals surface area (Å²) < 4.78 is 28.8. The third-order valence-electron chi connectivity index (χ3n) is 1.64. The molecular weight excluding hydrogens is 216 g/mol. The third kappa shape index (κ3) is 3.61. The normalized spacial score (nSPS) is 12.6. The van der Waals surface area contributed by atoms with Crippen LogP contribution in [-0.4, -0.2) is 11.5 Å². The van der Waals surface area contributed by atoms with Gasteiger partial charge in [-0.25, -0.2) is 8.78 Å². The van der Waals surface area contributed by atoms with Gasteiger partial charge in [-0.1, -0.05) is 0 Å². The summed E-state index contributed by atoms with van der Waals surface area (Å²) in [7, 11) is 0. The molecule has 1 aromatic heterocycles. The molecule has 6 heteroatoms. The van der Waals surface area contributed by atoms with Crippen molar-refractivity contribution in [1.82, 2.24) is 0 Å². The molecule has 0 aliphatic heterocycles. The maximum atomic E-state index is 11.9. The fourth-order valence-corrected chi connectivity index (χ4v) is 0.987. The first-order chi connectivity index (χ1) is 6.13. The predicted molar refractivity (Wildman–Crippen MR) is 49.4 cm³/mol. The fourth-order valence-electron chi connectivity index (χ4n) is 0.987. The van der Waals surface area contributed by atoms with Crippen molar-refractivity contribution >= 4 is 12.4 Å². The van der Waals surface area contributed by atoms with Gasteiger partial charge in [0.05, 0.1) is 6.04 Å². The zero-order valence-electron chi connectivity index (χ0n) is 7.32. The minimum absolute atomic E-state index is 0. The van der Waals surface area contributed by atoms with Crippen LogP contribution in [0.2, 0.25) is 0 Å². The standard InChI is InChI=1S/C8H11F2NO2.ClH/c9-8(10)3-6(11)7-2-1-5(4-12)13-7;/h1-2,6,8,12H,3-4,11H2;1H/t6-;/m0./s1. The second-order valence-electron chi connectivity index (χ2n) is 2.70. The minimum atomic E-state index is -2.45. The van der Waals surface area contributed by atoms with Crippen LogP contribution in [0.1, 0.15) is 24.0 Å². The van der Waals surface area contributed by atoms with Crippen molar-refractivity contribution in [3.63, 3.8) is 0 Å². The van der Waals surface area contributed by atoms with E-state index in [4.69, 9.17) is 15.3 Å². The van der Waals surface area contributed by atoms with Crippen LogP contribution in [0, 0.1) is 0 Å². The summed E-state index contributed by atoms with van der Waals surface area (Å²) in [4.78, 5) is 0. The molecule has 0 aliphatic carbocycles. The lowest BCUT2D eigenvalue weighted by Gasteiger charge is -2.06. The molecule has 0 saturated heterocycles. The van der Waals surface area contributed by atoms with Gasteiger partial charge in [0.1, 0.15) is 18.1 Å². The number of rotatable bonds is 4. The van der Waals surface area contributed by atoms with E-state index >= 15 is 0 Å². The summed E-state index contributed by atoms with van der Waals surface area (Å²) in [6, 6.07) is 2.21. The number of alkyl halides is 2. The molecule has 0 bridgehead atoms. The van der Waals surface area contributed by atoms with Gasteiger partial charge in [-0.15, -0.1) is 12.4 Å². The summed E-state index contributed by atoms with van der Waals surface area (Å²) in [5, 5.41) is 8.63. The Kier molecular flexibility index (Phi) is 5.68. The van der Waals surface area contributed by atoms with Crippen molar-refractivity contribution in [3.8, 4) is 0 Å². The van der Waals surface area contributed by atoms with Crippen LogP contribution in [0.3, 0.4) is 0 Å². The summed E-state index contributed by atoms with van der Waals surface area (Å²) in [6.07, 6.45) is -2.88. The molecule has 0 aliphatic rings. The molecule has 1 rings (SSSR count). The Bertz CT molecular complexity index is 268. The van der Waals surface area contributed by atoms with Gasteiger partial charge in [0.15, 0.2) is 0 Å². The molecular formula is C8H12ClF2NO2. The number of aliphatic hydroxyl groups excluding tert-OH is 1. The Morgan fingerprint density at radius 3 is 2.50 bits per heavy atom. The van der Waals surface area contributed by atoms with Crippen molar-refractivity contribution in [3.05, 3.63) is 23.7 Å². The van der Waals surface area contributed by atoms with Gasteiger partial charge in [-0.05, 0) is 12.1 Å². The predicted octanol–water partition coefficient (Wildman–Crippen LogP) is 1.85. The lowest BCUT2D eigenvalue weighted by atomic mass is 10.2. The second kappa shape index (κ2) is 5.95. The summed E-state index contributed by atoms with van der Waals surface area (Å²) in [5.74, 6) is 0.615. The van der Waals surface area contributed by atoms with E-state index < -0.39 is 18.9 Å². The van der Waals surface area contributed by atoms with Gasteiger partial charge in [-0.2, -0.15) is 0 Å². The van der Waals surface area contributed by atoms with Crippen molar-refractivity contribution in [2.75, 3.05) is 0 Å². The number of aliphatic hydroxyl groups is 1. The van der Waals surface area contributed by atoms with Crippen LogP contribution in [0.15, 0.2) is 16.5 Å². The molecule has 3 N–H and O–H groups in total. The van der Waals surface area contributed by atoms with Gasteiger partial charge >= 0.3 is 0 Å². The largest absolute Gasteiger partial charge is 0.462 e. The first-order valence-corrected chi connectivity index (χ1v) is 3.86. The van der Waals surface area contributed by atoms with Gasteiger partial charge in [-0.3, -0.25) is 0 Å². The molecule has 0 aromatic carbocycles. The number of hydrogen-bond donors (Lipinski definition) is 2. The molecule has 14 heavy (non-hydrogen) atoms. The molecule has 0 fully saturated rings. The topological polar surface area (TPSA) is 59.4 Å². The number of hydrogen-bond acceptors (Lipinski definition) is 3. The molecule has 0 radical (unpaired) electrons. The van der Waals surface area contributed by atoms with Crippen LogP contribution in [0.4, 0.5) is 8.78 Å². The number of nitrogens with two attached hydrogens (primary N) is 1. The Morgan fingerprint density at radius 2 is 2.07 bits per heavy atom. The van der Waals surface area contributed by atoms with Crippen LogP contribution >= 0.6 is 12.4 Å². The highest BCUT2D eigenvalue weighted by molar-refractivity contribution is 5.85. The molecule has 1 aromatic rings. The summed E-state index contributed by atoms with van der Waals surface area (Å²) >= 11 is 0. The third-order valence-corrected chi connectivity index (χ3v) is 1.64. The van der Waals surface area contributed by atoms with E-state index in [0.29, 0.717) is 5.76 Å². The Balaban J connectivity index is 0.00000169. The Labute approximate surface area is 86.3 Å². The first kappa shape index (κ1) is 13.4. The van der Waals surface area contributed by atoms with E-state index in [1.165, 1.54) is 12.1 Å². The molecule has 0 amide bonds. The fraction of sp³-hybridized carbons (Fsp3) is 0.500. The Morgan fingerprint density at radius 1 is 1.43 bits per heavy atom. The zero-order chi connectivity index (χ0) is 9.84. The molecule has 1 atom stereocenters. The molecule has 82 valence electrons. The maximum absolute atomic E-state index is 11.9. The number of halogens is 3. The van der Waals surface area contributed by atoms with Crippen molar-refractivity contribution in [2.45, 2.75) is 25.5 Å². The van der Waals surface area contributed by atoms with Gasteiger partial charge in [0, 0.05) is 6.42 Å². The van der Waals surface area contributed by atoms with Crippen LogP contribution in [0.25, 0.3) is 0 Å². The number of furan rings is 1. The van der Waals surface area contributed by atoms with Crippen molar-refractivity contribution in [1.29, 1.82) is 0 Å². The summed E-state index contributed by atoms with van der Waals surface area (Å²) in [5.41, 5.74) is 5.41. The smallest absolute Gasteiger partial charge is 0.240 e. The molecule has 0 spiro atoms. The van der Waals surface area contributed by atoms with Crippen LogP contribution in [0.5, 0.6) is 0 Å². The SMILES string of the molecule is Cl.N[C@@H](CC(F)F)c1ccc(CO)o1. The lowest BCUT2D eigenvalue weighted by Crippen LogP contribution is -2.13. The average Bonchev–Trinajstić information content (AvgIpc) is 2.50. The average molecular weight is 228 g/mol. The van der Waals surface area contributed by atoms with E-state index in [0.717, 1.165) is 0 Å². The Hall–Kier alpha value is -0.650. The van der Waals surface area contributed by atoms with E-state index in [-0.39, 0.29) is 24.8 Å². The van der Waals surface area contributed by atoms with E-state index in [1.54, 1.807) is 0 Å². The first-order valence-electron chi connectivity index (χ1n) is 3.86. The van der Waals surface area contributed by atoms with Gasteiger partial charge < -0.3 is 15.3 Å². The maximum Gasteiger partial charge on any atom is 0.240 e. The van der Waals surface area contributed by atoms with Gasteiger partial charge in [0.25, 0.3) is 0 Å². The minimum Gasteiger partial charge on any atom is -0.462 e. The quantitative estimate of drug-likeness (QED) is 0.825. The molecule has 0 saturated carbocycles. The van der Waals surface area contributed by atoms with Gasteiger partial charge in [0.2, 0.25) is 6.43 Å². The van der Waals surface area contributed by atoms with E-state index in [1.807, 2.05) is 0 Å². The molecule has 0 unspecified atom stereocenters. The highest BCUT2D eigenvalue weighted by Gasteiger charge is 2.15.